The number of rotatable bonds is 3. The van der Waals surface area contributed by atoms with E-state index in [1.807, 2.05) is 6.92 Å². The molecule has 106 valence electrons. The molecule has 5 nitrogen and oxygen atoms in total. The van der Waals surface area contributed by atoms with E-state index in [2.05, 4.69) is 5.32 Å². The smallest absolute Gasteiger partial charge is 0.408 e. The van der Waals surface area contributed by atoms with Crippen LogP contribution in [-0.4, -0.2) is 23.4 Å². The van der Waals surface area contributed by atoms with Crippen LogP contribution in [0.25, 0.3) is 11.1 Å². The summed E-state index contributed by atoms with van der Waals surface area (Å²) in [5.74, 6) is -0.136. The molecule has 0 bridgehead atoms. The van der Waals surface area contributed by atoms with Crippen molar-refractivity contribution in [3.05, 3.63) is 34.3 Å². The number of aryl methyl sites for hydroxylation is 1. The summed E-state index contributed by atoms with van der Waals surface area (Å²) in [6.07, 6.45) is 1.74. The SMILES string of the molecule is CCn1c(=O)oc2cc(C(=O)C3CCNCC3)ccc21. The van der Waals surface area contributed by atoms with Crippen LogP contribution in [0.2, 0.25) is 0 Å². The van der Waals surface area contributed by atoms with Gasteiger partial charge in [-0.2, -0.15) is 0 Å². The zero-order valence-electron chi connectivity index (χ0n) is 11.5. The summed E-state index contributed by atoms with van der Waals surface area (Å²) in [6.45, 7) is 4.23. The Labute approximate surface area is 116 Å². The normalized spacial score (nSPS) is 16.6. The molecule has 3 rings (SSSR count). The number of benzene rings is 1. The van der Waals surface area contributed by atoms with Gasteiger partial charge in [-0.15, -0.1) is 0 Å². The number of carbonyl (C=O) groups excluding carboxylic acids is 1. The third-order valence-corrected chi connectivity index (χ3v) is 3.98. The summed E-state index contributed by atoms with van der Waals surface area (Å²) in [5.41, 5.74) is 1.89. The molecule has 0 saturated carbocycles. The Morgan fingerprint density at radius 1 is 1.40 bits per heavy atom. The largest absolute Gasteiger partial charge is 0.419 e. The van der Waals surface area contributed by atoms with Gasteiger partial charge in [-0.3, -0.25) is 9.36 Å². The predicted molar refractivity (Wildman–Crippen MR) is 76.1 cm³/mol. The molecule has 2 heterocycles. The standard InChI is InChI=1S/C15H18N2O3/c1-2-17-12-4-3-11(9-13(12)20-15(17)19)14(18)10-5-7-16-8-6-10/h3-4,9-10,16H,2,5-8H2,1H3. The Bertz CT molecular complexity index is 693. The minimum Gasteiger partial charge on any atom is -0.408 e. The van der Waals surface area contributed by atoms with Crippen molar-refractivity contribution in [3.63, 3.8) is 0 Å². The highest BCUT2D eigenvalue weighted by Crippen LogP contribution is 2.21. The van der Waals surface area contributed by atoms with Crippen LogP contribution >= 0.6 is 0 Å². The number of hydrogen-bond donors (Lipinski definition) is 1. The van der Waals surface area contributed by atoms with E-state index < -0.39 is 0 Å². The van der Waals surface area contributed by atoms with Gasteiger partial charge >= 0.3 is 5.76 Å². The van der Waals surface area contributed by atoms with Gasteiger partial charge in [0.25, 0.3) is 0 Å². The molecule has 1 aromatic heterocycles. The summed E-state index contributed by atoms with van der Waals surface area (Å²) in [5, 5.41) is 3.25. The minimum absolute atomic E-state index is 0.0775. The molecule has 0 unspecified atom stereocenters. The molecule has 1 aromatic carbocycles. The molecule has 0 atom stereocenters. The predicted octanol–water partition coefficient (Wildman–Crippen LogP) is 1.80. The van der Waals surface area contributed by atoms with Crippen LogP contribution in [0.3, 0.4) is 0 Å². The average molecular weight is 274 g/mol. The van der Waals surface area contributed by atoms with E-state index in [1.165, 1.54) is 0 Å². The molecule has 5 heteroatoms. The van der Waals surface area contributed by atoms with Gasteiger partial charge < -0.3 is 9.73 Å². The highest BCUT2D eigenvalue weighted by Gasteiger charge is 2.23. The van der Waals surface area contributed by atoms with Crippen LogP contribution in [0.15, 0.2) is 27.4 Å². The third kappa shape index (κ3) is 2.18. The topological polar surface area (TPSA) is 64.2 Å². The first-order valence-corrected chi connectivity index (χ1v) is 7.09. The van der Waals surface area contributed by atoms with Crippen LogP contribution < -0.4 is 11.1 Å². The first-order valence-electron chi connectivity index (χ1n) is 7.09. The van der Waals surface area contributed by atoms with E-state index in [1.54, 1.807) is 22.8 Å². The molecular formula is C15H18N2O3. The Morgan fingerprint density at radius 2 is 2.15 bits per heavy atom. The lowest BCUT2D eigenvalue weighted by atomic mass is 9.89. The molecule has 1 N–H and O–H groups in total. The maximum Gasteiger partial charge on any atom is 0.419 e. The Hall–Kier alpha value is -1.88. The van der Waals surface area contributed by atoms with Crippen molar-refractivity contribution in [2.24, 2.45) is 5.92 Å². The Balaban J connectivity index is 1.96. The summed E-state index contributed by atoms with van der Waals surface area (Å²) >= 11 is 0. The molecule has 0 radical (unpaired) electrons. The van der Waals surface area contributed by atoms with Gasteiger partial charge in [0.2, 0.25) is 0 Å². The molecule has 1 aliphatic heterocycles. The Kier molecular flexibility index (Phi) is 3.44. The number of oxazole rings is 1. The number of nitrogens with one attached hydrogen (secondary N) is 1. The van der Waals surface area contributed by atoms with Crippen molar-refractivity contribution in [2.45, 2.75) is 26.3 Å². The number of ketones is 1. The van der Waals surface area contributed by atoms with Crippen LogP contribution in [0.4, 0.5) is 0 Å². The fourth-order valence-electron chi connectivity index (χ4n) is 2.84. The number of piperidine rings is 1. The molecule has 1 fully saturated rings. The first-order chi connectivity index (χ1) is 9.70. The summed E-state index contributed by atoms with van der Waals surface area (Å²) in [4.78, 5) is 24.1. The third-order valence-electron chi connectivity index (χ3n) is 3.98. The van der Waals surface area contributed by atoms with Gasteiger partial charge in [-0.1, -0.05) is 0 Å². The highest BCUT2D eigenvalue weighted by atomic mass is 16.4. The van der Waals surface area contributed by atoms with Gasteiger partial charge in [-0.05, 0) is 51.1 Å². The average Bonchev–Trinajstić information content (AvgIpc) is 2.81. The first kappa shape index (κ1) is 13.1. The summed E-state index contributed by atoms with van der Waals surface area (Å²) < 4.78 is 6.77. The number of carbonyl (C=O) groups is 1. The maximum atomic E-state index is 12.5. The fraction of sp³-hybridized carbons (Fsp3) is 0.467. The second-order valence-corrected chi connectivity index (χ2v) is 5.18. The van der Waals surface area contributed by atoms with E-state index in [0.717, 1.165) is 31.4 Å². The zero-order chi connectivity index (χ0) is 14.1. The van der Waals surface area contributed by atoms with Gasteiger partial charge in [0.05, 0.1) is 5.52 Å². The lowest BCUT2D eigenvalue weighted by Crippen LogP contribution is -2.31. The number of aromatic nitrogens is 1. The molecule has 1 aliphatic rings. The maximum absolute atomic E-state index is 12.5. The van der Waals surface area contributed by atoms with E-state index in [4.69, 9.17) is 4.42 Å². The van der Waals surface area contributed by atoms with Gasteiger partial charge in [0.15, 0.2) is 11.4 Å². The van der Waals surface area contributed by atoms with Crippen molar-refractivity contribution in [3.8, 4) is 0 Å². The molecule has 0 amide bonds. The molecular weight excluding hydrogens is 256 g/mol. The molecule has 20 heavy (non-hydrogen) atoms. The van der Waals surface area contributed by atoms with Crippen molar-refractivity contribution in [1.82, 2.24) is 9.88 Å². The number of Topliss-reactive ketones (excluding diaryl/α,β-unsaturated/α-hetero) is 1. The lowest BCUT2D eigenvalue weighted by Gasteiger charge is -2.21. The quantitative estimate of drug-likeness (QED) is 0.867. The van der Waals surface area contributed by atoms with Gasteiger partial charge in [-0.25, -0.2) is 4.79 Å². The second kappa shape index (κ2) is 5.25. The van der Waals surface area contributed by atoms with Gasteiger partial charge in [0.1, 0.15) is 0 Å². The lowest BCUT2D eigenvalue weighted by molar-refractivity contribution is 0.0895. The fourth-order valence-corrected chi connectivity index (χ4v) is 2.84. The van der Waals surface area contributed by atoms with Crippen LogP contribution in [0, 0.1) is 5.92 Å². The second-order valence-electron chi connectivity index (χ2n) is 5.18. The monoisotopic (exact) mass is 274 g/mol. The number of hydrogen-bond acceptors (Lipinski definition) is 4. The van der Waals surface area contributed by atoms with Gasteiger partial charge in [0, 0.05) is 18.0 Å². The zero-order valence-corrected chi connectivity index (χ0v) is 11.5. The van der Waals surface area contributed by atoms with E-state index in [-0.39, 0.29) is 17.5 Å². The van der Waals surface area contributed by atoms with Crippen LogP contribution in [0.1, 0.15) is 30.1 Å². The van der Waals surface area contributed by atoms with E-state index in [0.29, 0.717) is 17.7 Å². The number of fused-ring (bicyclic) bond motifs is 1. The van der Waals surface area contributed by atoms with Crippen LogP contribution in [-0.2, 0) is 6.54 Å². The summed E-state index contributed by atoms with van der Waals surface area (Å²) in [6, 6.07) is 5.30. The van der Waals surface area contributed by atoms with E-state index in [9.17, 15) is 9.59 Å². The van der Waals surface area contributed by atoms with Crippen molar-refractivity contribution < 1.29 is 9.21 Å². The molecule has 2 aromatic rings. The molecule has 0 spiro atoms. The van der Waals surface area contributed by atoms with Crippen molar-refractivity contribution >= 4 is 16.9 Å². The van der Waals surface area contributed by atoms with Crippen molar-refractivity contribution in [1.29, 1.82) is 0 Å². The summed E-state index contributed by atoms with van der Waals surface area (Å²) in [7, 11) is 0. The highest BCUT2D eigenvalue weighted by molar-refractivity contribution is 6.00. The molecule has 1 saturated heterocycles. The Morgan fingerprint density at radius 3 is 2.85 bits per heavy atom. The molecule has 0 aliphatic carbocycles. The number of nitrogens with zero attached hydrogens (tertiary/aromatic N) is 1. The van der Waals surface area contributed by atoms with E-state index >= 15 is 0 Å². The minimum atomic E-state index is -0.367. The van der Waals surface area contributed by atoms with Crippen LogP contribution in [0.5, 0.6) is 0 Å². The van der Waals surface area contributed by atoms with Crippen molar-refractivity contribution in [2.75, 3.05) is 13.1 Å².